The van der Waals surface area contributed by atoms with E-state index in [0.717, 1.165) is 32.4 Å². The van der Waals surface area contributed by atoms with Crippen molar-refractivity contribution in [3.63, 3.8) is 0 Å². The normalized spacial score (nSPS) is 16.3. The zero-order valence-electron chi connectivity index (χ0n) is 13.5. The number of nitrogens with two attached hydrogens (primary N) is 1. The number of nitrogens with one attached hydrogen (secondary N) is 1. The molecule has 1 heterocycles. The second-order valence-electron chi connectivity index (χ2n) is 5.56. The first-order valence-electron chi connectivity index (χ1n) is 7.71. The van der Waals surface area contributed by atoms with Gasteiger partial charge in [0.2, 0.25) is 0 Å². The Balaban J connectivity index is 0.000000381. The Hall–Kier alpha value is -2.29. The van der Waals surface area contributed by atoms with E-state index in [1.165, 1.54) is 5.56 Å². The quantitative estimate of drug-likeness (QED) is 0.763. The highest BCUT2D eigenvalue weighted by Gasteiger charge is 2.38. The minimum absolute atomic E-state index is 0.105. The number of piperidine rings is 1. The monoisotopic (exact) mass is 362 g/mol. The Kier molecular flexibility index (Phi) is 8.20. The number of ether oxygens (including phenoxy) is 1. The molecule has 1 aliphatic rings. The van der Waals surface area contributed by atoms with Gasteiger partial charge in [0, 0.05) is 6.42 Å². The van der Waals surface area contributed by atoms with Crippen LogP contribution in [-0.4, -0.2) is 42.5 Å². The summed E-state index contributed by atoms with van der Waals surface area (Å²) in [7, 11) is 0. The summed E-state index contributed by atoms with van der Waals surface area (Å²) >= 11 is 0. The fourth-order valence-corrected chi connectivity index (χ4v) is 2.52. The van der Waals surface area contributed by atoms with Gasteiger partial charge in [-0.15, -0.1) is 0 Å². The lowest BCUT2D eigenvalue weighted by atomic mass is 9.88. The molecule has 0 aliphatic carbocycles. The van der Waals surface area contributed by atoms with Crippen LogP contribution in [0.5, 0.6) is 0 Å². The maximum atomic E-state index is 11.0. The molecule has 0 aromatic heterocycles. The Morgan fingerprint density at radius 1 is 1.24 bits per heavy atom. The molecule has 1 aliphatic heterocycles. The SMILES string of the molecule is NC(=O)OC(Cc1ccccc1)C1CCNCC1.O=C(O)C(F)(F)F. The molecular formula is C16H21F3N2O4. The third-order valence-electron chi connectivity index (χ3n) is 3.70. The number of carbonyl (C=O) groups excluding carboxylic acids is 1. The largest absolute Gasteiger partial charge is 0.490 e. The molecule has 1 fully saturated rings. The first kappa shape index (κ1) is 20.8. The lowest BCUT2D eigenvalue weighted by molar-refractivity contribution is -0.192. The van der Waals surface area contributed by atoms with E-state index < -0.39 is 18.2 Å². The summed E-state index contributed by atoms with van der Waals surface area (Å²) in [6.07, 6.45) is -3.05. The minimum Gasteiger partial charge on any atom is -0.475 e. The van der Waals surface area contributed by atoms with E-state index in [1.54, 1.807) is 0 Å². The zero-order chi connectivity index (χ0) is 18.9. The van der Waals surface area contributed by atoms with Gasteiger partial charge in [0.25, 0.3) is 0 Å². The Bertz CT molecular complexity index is 546. The van der Waals surface area contributed by atoms with Gasteiger partial charge in [-0.05, 0) is 37.4 Å². The van der Waals surface area contributed by atoms with Crippen molar-refractivity contribution in [3.8, 4) is 0 Å². The fraction of sp³-hybridized carbons (Fsp3) is 0.500. The van der Waals surface area contributed by atoms with Crippen molar-refractivity contribution in [1.29, 1.82) is 0 Å². The van der Waals surface area contributed by atoms with E-state index in [-0.39, 0.29) is 6.10 Å². The van der Waals surface area contributed by atoms with Gasteiger partial charge in [-0.25, -0.2) is 9.59 Å². The number of rotatable bonds is 4. The van der Waals surface area contributed by atoms with Crippen LogP contribution in [0.4, 0.5) is 18.0 Å². The topological polar surface area (TPSA) is 102 Å². The molecule has 0 radical (unpaired) electrons. The number of primary amides is 1. The number of benzene rings is 1. The van der Waals surface area contributed by atoms with Gasteiger partial charge in [0.05, 0.1) is 0 Å². The first-order chi connectivity index (χ1) is 11.7. The van der Waals surface area contributed by atoms with Gasteiger partial charge in [0.1, 0.15) is 6.10 Å². The van der Waals surface area contributed by atoms with E-state index in [0.29, 0.717) is 5.92 Å². The van der Waals surface area contributed by atoms with Gasteiger partial charge < -0.3 is 20.9 Å². The molecule has 0 bridgehead atoms. The average Bonchev–Trinajstić information content (AvgIpc) is 2.55. The van der Waals surface area contributed by atoms with Crippen LogP contribution in [0.2, 0.25) is 0 Å². The molecule has 0 saturated carbocycles. The van der Waals surface area contributed by atoms with Crippen molar-refractivity contribution in [1.82, 2.24) is 5.32 Å². The number of carboxylic acids is 1. The third-order valence-corrected chi connectivity index (χ3v) is 3.70. The van der Waals surface area contributed by atoms with Crippen LogP contribution in [0.3, 0.4) is 0 Å². The number of carbonyl (C=O) groups is 2. The highest BCUT2D eigenvalue weighted by molar-refractivity contribution is 5.73. The van der Waals surface area contributed by atoms with Crippen LogP contribution < -0.4 is 11.1 Å². The van der Waals surface area contributed by atoms with Gasteiger partial charge in [-0.2, -0.15) is 13.2 Å². The smallest absolute Gasteiger partial charge is 0.475 e. The van der Waals surface area contributed by atoms with Crippen molar-refractivity contribution in [2.45, 2.75) is 31.5 Å². The van der Waals surface area contributed by atoms with Gasteiger partial charge in [-0.1, -0.05) is 30.3 Å². The molecule has 140 valence electrons. The number of hydrogen-bond donors (Lipinski definition) is 3. The summed E-state index contributed by atoms with van der Waals surface area (Å²) in [5.41, 5.74) is 6.36. The van der Waals surface area contributed by atoms with Gasteiger partial charge in [-0.3, -0.25) is 0 Å². The Morgan fingerprint density at radius 2 is 1.76 bits per heavy atom. The highest BCUT2D eigenvalue weighted by Crippen LogP contribution is 2.22. The summed E-state index contributed by atoms with van der Waals surface area (Å²) < 4.78 is 37.0. The predicted octanol–water partition coefficient (Wildman–Crippen LogP) is 2.33. The molecule has 1 aromatic rings. The summed E-state index contributed by atoms with van der Waals surface area (Å²) in [4.78, 5) is 19.9. The molecule has 1 atom stereocenters. The summed E-state index contributed by atoms with van der Waals surface area (Å²) in [6.45, 7) is 1.97. The summed E-state index contributed by atoms with van der Waals surface area (Å²) in [6, 6.07) is 10.1. The number of amides is 1. The van der Waals surface area contributed by atoms with Crippen molar-refractivity contribution in [2.24, 2.45) is 11.7 Å². The minimum atomic E-state index is -5.08. The summed E-state index contributed by atoms with van der Waals surface area (Å²) in [5, 5.41) is 10.4. The number of carboxylic acid groups (broad SMARTS) is 1. The predicted molar refractivity (Wildman–Crippen MR) is 83.9 cm³/mol. The van der Waals surface area contributed by atoms with E-state index in [9.17, 15) is 18.0 Å². The molecule has 25 heavy (non-hydrogen) atoms. The number of hydrogen-bond acceptors (Lipinski definition) is 4. The van der Waals surface area contributed by atoms with Gasteiger partial charge >= 0.3 is 18.2 Å². The van der Waals surface area contributed by atoms with Crippen LogP contribution in [-0.2, 0) is 16.0 Å². The highest BCUT2D eigenvalue weighted by atomic mass is 19.4. The number of halogens is 3. The molecule has 4 N–H and O–H groups in total. The molecule has 1 aromatic carbocycles. The van der Waals surface area contributed by atoms with Gasteiger partial charge in [0.15, 0.2) is 0 Å². The van der Waals surface area contributed by atoms with Crippen LogP contribution in [0, 0.1) is 5.92 Å². The molecule has 6 nitrogen and oxygen atoms in total. The summed E-state index contributed by atoms with van der Waals surface area (Å²) in [5.74, 6) is -2.36. The van der Waals surface area contributed by atoms with Crippen molar-refractivity contribution >= 4 is 12.1 Å². The number of alkyl halides is 3. The van der Waals surface area contributed by atoms with Crippen LogP contribution in [0.1, 0.15) is 18.4 Å². The van der Waals surface area contributed by atoms with Crippen molar-refractivity contribution in [2.75, 3.05) is 13.1 Å². The second kappa shape index (κ2) is 9.87. The Morgan fingerprint density at radius 3 is 2.20 bits per heavy atom. The maximum absolute atomic E-state index is 11.0. The fourth-order valence-electron chi connectivity index (χ4n) is 2.52. The Labute approximate surface area is 143 Å². The third kappa shape index (κ3) is 8.39. The molecule has 1 saturated heterocycles. The first-order valence-corrected chi connectivity index (χ1v) is 7.71. The number of aliphatic carboxylic acids is 1. The lowest BCUT2D eigenvalue weighted by Gasteiger charge is -2.30. The van der Waals surface area contributed by atoms with Crippen LogP contribution in [0.25, 0.3) is 0 Å². The molecule has 1 amide bonds. The van der Waals surface area contributed by atoms with E-state index in [4.69, 9.17) is 20.4 Å². The average molecular weight is 362 g/mol. The second-order valence-corrected chi connectivity index (χ2v) is 5.56. The van der Waals surface area contributed by atoms with E-state index in [1.807, 2.05) is 18.2 Å². The van der Waals surface area contributed by atoms with E-state index in [2.05, 4.69) is 17.4 Å². The van der Waals surface area contributed by atoms with E-state index >= 15 is 0 Å². The molecule has 2 rings (SSSR count). The molecular weight excluding hydrogens is 341 g/mol. The van der Waals surface area contributed by atoms with Crippen molar-refractivity contribution < 1.29 is 32.6 Å². The van der Waals surface area contributed by atoms with Crippen molar-refractivity contribution in [3.05, 3.63) is 35.9 Å². The van der Waals surface area contributed by atoms with Crippen LogP contribution in [0.15, 0.2) is 30.3 Å². The van der Waals surface area contributed by atoms with Crippen LogP contribution >= 0.6 is 0 Å². The standard InChI is InChI=1S/C14H20N2O2.C2HF3O2/c15-14(17)18-13(12-6-8-16-9-7-12)10-11-4-2-1-3-5-11;3-2(4,5)1(6)7/h1-5,12-13,16H,6-10H2,(H2,15,17);(H,6,7). The molecule has 1 unspecified atom stereocenters. The maximum Gasteiger partial charge on any atom is 0.490 e. The zero-order valence-corrected chi connectivity index (χ0v) is 13.5. The molecule has 0 spiro atoms. The lowest BCUT2D eigenvalue weighted by Crippen LogP contribution is -2.38. The molecule has 9 heteroatoms.